The molecule has 84 valence electrons. The minimum Gasteiger partial charge on any atom is -0.472 e. The van der Waals surface area contributed by atoms with Crippen LogP contribution in [0, 0.1) is 5.41 Å². The van der Waals surface area contributed by atoms with E-state index >= 15 is 0 Å². The number of hydrogen-bond donors (Lipinski definition) is 1. The molecule has 0 aliphatic carbocycles. The topological polar surface area (TPSA) is 42.2 Å². The molecule has 0 aliphatic heterocycles. The van der Waals surface area contributed by atoms with Crippen molar-refractivity contribution in [1.82, 2.24) is 5.32 Å². The largest absolute Gasteiger partial charge is 0.472 e. The van der Waals surface area contributed by atoms with Crippen LogP contribution in [0.15, 0.2) is 23.0 Å². The van der Waals surface area contributed by atoms with Crippen molar-refractivity contribution >= 4 is 5.91 Å². The van der Waals surface area contributed by atoms with Gasteiger partial charge >= 0.3 is 0 Å². The Morgan fingerprint density at radius 3 is 2.67 bits per heavy atom. The molecule has 0 bridgehead atoms. The fraction of sp³-hybridized carbons (Fsp3) is 0.583. The highest BCUT2D eigenvalue weighted by Crippen LogP contribution is 2.13. The summed E-state index contributed by atoms with van der Waals surface area (Å²) < 4.78 is 4.97. The fourth-order valence-electron chi connectivity index (χ4n) is 1.25. The van der Waals surface area contributed by atoms with E-state index in [-0.39, 0.29) is 17.4 Å². The third-order valence-electron chi connectivity index (χ3n) is 2.18. The average molecular weight is 209 g/mol. The Labute approximate surface area is 90.9 Å². The quantitative estimate of drug-likeness (QED) is 0.830. The molecule has 1 unspecified atom stereocenters. The lowest BCUT2D eigenvalue weighted by atomic mass is 9.95. The molecule has 1 heterocycles. The standard InChI is InChI=1S/C12H19NO2/c1-9(7-10-5-6-15-8-10)13-11(14)12(2,3)4/h5-6,8-9H,7H2,1-4H3,(H,13,14). The summed E-state index contributed by atoms with van der Waals surface area (Å²) in [5.74, 6) is 0.0819. The average Bonchev–Trinajstić information content (AvgIpc) is 2.54. The van der Waals surface area contributed by atoms with E-state index in [1.807, 2.05) is 33.8 Å². The SMILES string of the molecule is CC(Cc1ccoc1)NC(=O)C(C)(C)C. The molecule has 0 saturated carbocycles. The number of nitrogens with one attached hydrogen (secondary N) is 1. The zero-order valence-electron chi connectivity index (χ0n) is 9.83. The van der Waals surface area contributed by atoms with Crippen molar-refractivity contribution in [2.45, 2.75) is 40.2 Å². The second-order valence-corrected chi connectivity index (χ2v) is 4.96. The Morgan fingerprint density at radius 1 is 1.53 bits per heavy atom. The van der Waals surface area contributed by atoms with Gasteiger partial charge in [-0.2, -0.15) is 0 Å². The van der Waals surface area contributed by atoms with Gasteiger partial charge in [-0.05, 0) is 25.0 Å². The van der Waals surface area contributed by atoms with Gasteiger partial charge in [-0.1, -0.05) is 20.8 Å². The first-order valence-corrected chi connectivity index (χ1v) is 5.21. The van der Waals surface area contributed by atoms with Crippen LogP contribution in [0.4, 0.5) is 0 Å². The zero-order chi connectivity index (χ0) is 11.5. The van der Waals surface area contributed by atoms with Gasteiger partial charge in [0.1, 0.15) is 0 Å². The van der Waals surface area contributed by atoms with Crippen molar-refractivity contribution in [1.29, 1.82) is 0 Å². The number of rotatable bonds is 3. The van der Waals surface area contributed by atoms with Gasteiger partial charge in [-0.3, -0.25) is 4.79 Å². The molecule has 0 aliphatic rings. The number of amides is 1. The van der Waals surface area contributed by atoms with Gasteiger partial charge in [0.2, 0.25) is 5.91 Å². The lowest BCUT2D eigenvalue weighted by Gasteiger charge is -2.21. The van der Waals surface area contributed by atoms with Gasteiger partial charge in [0.25, 0.3) is 0 Å². The van der Waals surface area contributed by atoms with Crippen LogP contribution in [0.2, 0.25) is 0 Å². The highest BCUT2D eigenvalue weighted by atomic mass is 16.3. The van der Waals surface area contributed by atoms with E-state index in [9.17, 15) is 4.79 Å². The number of hydrogen-bond acceptors (Lipinski definition) is 2. The Kier molecular flexibility index (Phi) is 3.56. The second-order valence-electron chi connectivity index (χ2n) is 4.96. The summed E-state index contributed by atoms with van der Waals surface area (Å²) >= 11 is 0. The third-order valence-corrected chi connectivity index (χ3v) is 2.18. The first-order valence-electron chi connectivity index (χ1n) is 5.21. The van der Waals surface area contributed by atoms with E-state index in [2.05, 4.69) is 5.32 Å². The van der Waals surface area contributed by atoms with Gasteiger partial charge in [-0.25, -0.2) is 0 Å². The van der Waals surface area contributed by atoms with Crippen LogP contribution in [0.3, 0.4) is 0 Å². The van der Waals surface area contributed by atoms with Gasteiger partial charge in [0, 0.05) is 11.5 Å². The molecule has 0 fully saturated rings. The first-order chi connectivity index (χ1) is 6.89. The van der Waals surface area contributed by atoms with Crippen LogP contribution >= 0.6 is 0 Å². The van der Waals surface area contributed by atoms with Crippen LogP contribution in [-0.2, 0) is 11.2 Å². The molecule has 0 aromatic carbocycles. The fourth-order valence-corrected chi connectivity index (χ4v) is 1.25. The van der Waals surface area contributed by atoms with E-state index in [0.717, 1.165) is 12.0 Å². The lowest BCUT2D eigenvalue weighted by Crippen LogP contribution is -2.41. The maximum absolute atomic E-state index is 11.7. The van der Waals surface area contributed by atoms with E-state index in [1.54, 1.807) is 12.5 Å². The van der Waals surface area contributed by atoms with Crippen LogP contribution in [0.5, 0.6) is 0 Å². The monoisotopic (exact) mass is 209 g/mol. The molecule has 3 heteroatoms. The summed E-state index contributed by atoms with van der Waals surface area (Å²) in [7, 11) is 0. The maximum Gasteiger partial charge on any atom is 0.225 e. The molecular formula is C12H19NO2. The summed E-state index contributed by atoms with van der Waals surface area (Å²) in [5, 5.41) is 2.98. The molecule has 1 atom stereocenters. The third kappa shape index (κ3) is 3.78. The van der Waals surface area contributed by atoms with Crippen LogP contribution in [-0.4, -0.2) is 11.9 Å². The van der Waals surface area contributed by atoms with E-state index in [1.165, 1.54) is 0 Å². The number of carbonyl (C=O) groups excluding carboxylic acids is 1. The molecule has 1 aromatic rings. The van der Waals surface area contributed by atoms with Gasteiger partial charge in [0.15, 0.2) is 0 Å². The molecular weight excluding hydrogens is 190 g/mol. The summed E-state index contributed by atoms with van der Waals surface area (Å²) in [4.78, 5) is 11.7. The highest BCUT2D eigenvalue weighted by molar-refractivity contribution is 5.81. The van der Waals surface area contributed by atoms with Crippen molar-refractivity contribution < 1.29 is 9.21 Å². The highest BCUT2D eigenvalue weighted by Gasteiger charge is 2.22. The second kappa shape index (κ2) is 4.51. The molecule has 0 radical (unpaired) electrons. The van der Waals surface area contributed by atoms with Crippen molar-refractivity contribution in [2.24, 2.45) is 5.41 Å². The Bertz CT molecular complexity index is 309. The molecule has 1 aromatic heterocycles. The summed E-state index contributed by atoms with van der Waals surface area (Å²) in [6.07, 6.45) is 4.16. The molecule has 1 rings (SSSR count). The van der Waals surface area contributed by atoms with Gasteiger partial charge in [-0.15, -0.1) is 0 Å². The van der Waals surface area contributed by atoms with Crippen molar-refractivity contribution in [2.75, 3.05) is 0 Å². The van der Waals surface area contributed by atoms with E-state index in [4.69, 9.17) is 4.42 Å². The molecule has 0 spiro atoms. The smallest absolute Gasteiger partial charge is 0.225 e. The minimum absolute atomic E-state index is 0.0819. The summed E-state index contributed by atoms with van der Waals surface area (Å²) in [6, 6.07) is 2.05. The van der Waals surface area contributed by atoms with Crippen LogP contribution in [0.1, 0.15) is 33.3 Å². The van der Waals surface area contributed by atoms with Crippen molar-refractivity contribution in [3.8, 4) is 0 Å². The predicted octanol–water partition coefficient (Wildman–Crippen LogP) is 2.37. The molecule has 0 saturated heterocycles. The molecule has 15 heavy (non-hydrogen) atoms. The van der Waals surface area contributed by atoms with Gasteiger partial charge in [0.05, 0.1) is 12.5 Å². The van der Waals surface area contributed by atoms with Gasteiger partial charge < -0.3 is 9.73 Å². The Balaban J connectivity index is 2.43. The van der Waals surface area contributed by atoms with Crippen LogP contribution in [0.25, 0.3) is 0 Å². The van der Waals surface area contributed by atoms with E-state index < -0.39 is 0 Å². The molecule has 1 amide bonds. The minimum atomic E-state index is -0.329. The lowest BCUT2D eigenvalue weighted by molar-refractivity contribution is -0.129. The molecule has 1 N–H and O–H groups in total. The number of furan rings is 1. The first kappa shape index (κ1) is 11.8. The number of carbonyl (C=O) groups is 1. The summed E-state index contributed by atoms with van der Waals surface area (Å²) in [5.41, 5.74) is 0.779. The molecule has 3 nitrogen and oxygen atoms in total. The van der Waals surface area contributed by atoms with E-state index in [0.29, 0.717) is 0 Å². The Hall–Kier alpha value is -1.25. The predicted molar refractivity (Wildman–Crippen MR) is 59.5 cm³/mol. The van der Waals surface area contributed by atoms with Crippen molar-refractivity contribution in [3.05, 3.63) is 24.2 Å². The van der Waals surface area contributed by atoms with Crippen molar-refractivity contribution in [3.63, 3.8) is 0 Å². The Morgan fingerprint density at radius 2 is 2.20 bits per heavy atom. The zero-order valence-corrected chi connectivity index (χ0v) is 9.83. The normalized spacial score (nSPS) is 13.6. The summed E-state index contributed by atoms with van der Waals surface area (Å²) in [6.45, 7) is 7.73. The maximum atomic E-state index is 11.7. The van der Waals surface area contributed by atoms with Crippen LogP contribution < -0.4 is 5.32 Å².